The van der Waals surface area contributed by atoms with Gasteiger partial charge < -0.3 is 5.32 Å². The van der Waals surface area contributed by atoms with Gasteiger partial charge in [-0.15, -0.1) is 0 Å². The van der Waals surface area contributed by atoms with Crippen molar-refractivity contribution in [3.8, 4) is 11.4 Å². The Labute approximate surface area is 128 Å². The molecule has 3 rings (SSSR count). The molecule has 1 aliphatic carbocycles. The molecule has 21 heavy (non-hydrogen) atoms. The van der Waals surface area contributed by atoms with Crippen molar-refractivity contribution in [2.24, 2.45) is 5.92 Å². The van der Waals surface area contributed by atoms with Gasteiger partial charge in [-0.1, -0.05) is 43.7 Å². The van der Waals surface area contributed by atoms with Gasteiger partial charge in [0.2, 0.25) is 5.13 Å². The average molecular weight is 302 g/mol. The molecule has 0 unspecified atom stereocenters. The number of hydrogen-bond acceptors (Lipinski definition) is 4. The summed E-state index contributed by atoms with van der Waals surface area (Å²) in [6, 6.07) is 9.81. The Hall–Kier alpha value is -1.95. The van der Waals surface area contributed by atoms with Crippen molar-refractivity contribution >= 4 is 22.7 Å². The average Bonchev–Trinajstić information content (AvgIpc) is 3.10. The summed E-state index contributed by atoms with van der Waals surface area (Å²) >= 11 is 1.20. The highest BCUT2D eigenvalue weighted by atomic mass is 32.1. The number of anilines is 1. The number of amides is 2. The zero-order valence-corrected chi connectivity index (χ0v) is 12.7. The summed E-state index contributed by atoms with van der Waals surface area (Å²) in [5, 5.41) is 6.31. The highest BCUT2D eigenvalue weighted by Crippen LogP contribution is 2.25. The van der Waals surface area contributed by atoms with Crippen LogP contribution in [0.5, 0.6) is 0 Å². The largest absolute Gasteiger partial charge is 0.335 e. The molecule has 0 saturated heterocycles. The van der Waals surface area contributed by atoms with E-state index in [1.54, 1.807) is 0 Å². The summed E-state index contributed by atoms with van der Waals surface area (Å²) in [7, 11) is 0. The van der Waals surface area contributed by atoms with Crippen LogP contribution < -0.4 is 10.6 Å². The Bertz CT molecular complexity index is 613. The van der Waals surface area contributed by atoms with Gasteiger partial charge in [0.15, 0.2) is 5.82 Å². The standard InChI is InChI=1S/C15H18N4OS/c1-10-6-5-9-12(10)16-14(20)18-15-17-13(19-21-15)11-7-3-2-4-8-11/h2-4,7-8,10,12H,5-6,9H2,1H3,(H2,16,17,18,19,20)/t10-,12+/m1/s1. The summed E-state index contributed by atoms with van der Waals surface area (Å²) in [4.78, 5) is 16.3. The molecule has 1 aromatic heterocycles. The third-order valence-corrected chi connectivity index (χ3v) is 4.49. The first-order chi connectivity index (χ1) is 10.2. The lowest BCUT2D eigenvalue weighted by atomic mass is 10.1. The topological polar surface area (TPSA) is 66.9 Å². The van der Waals surface area contributed by atoms with Crippen molar-refractivity contribution in [1.82, 2.24) is 14.7 Å². The Morgan fingerprint density at radius 1 is 1.29 bits per heavy atom. The minimum atomic E-state index is -0.190. The molecule has 2 atom stereocenters. The van der Waals surface area contributed by atoms with E-state index in [1.807, 2.05) is 30.3 Å². The summed E-state index contributed by atoms with van der Waals surface area (Å²) < 4.78 is 4.27. The lowest BCUT2D eigenvalue weighted by molar-refractivity contribution is 0.246. The summed E-state index contributed by atoms with van der Waals surface area (Å²) in [5.74, 6) is 1.19. The van der Waals surface area contributed by atoms with Crippen molar-refractivity contribution in [3.05, 3.63) is 30.3 Å². The van der Waals surface area contributed by atoms with Gasteiger partial charge in [0.1, 0.15) is 0 Å². The first kappa shape index (κ1) is 14.0. The van der Waals surface area contributed by atoms with Gasteiger partial charge in [-0.3, -0.25) is 5.32 Å². The van der Waals surface area contributed by atoms with Crippen LogP contribution in [-0.2, 0) is 0 Å². The van der Waals surface area contributed by atoms with Crippen LogP contribution in [0.3, 0.4) is 0 Å². The molecule has 1 aromatic carbocycles. The molecule has 2 aromatic rings. The molecule has 0 bridgehead atoms. The SMILES string of the molecule is C[C@@H]1CCC[C@@H]1NC(=O)Nc1nc(-c2ccccc2)ns1. The lowest BCUT2D eigenvalue weighted by Gasteiger charge is -2.16. The second-order valence-corrected chi connectivity index (χ2v) is 6.15. The van der Waals surface area contributed by atoms with E-state index in [0.717, 1.165) is 12.0 Å². The Morgan fingerprint density at radius 3 is 2.81 bits per heavy atom. The van der Waals surface area contributed by atoms with Gasteiger partial charge in [-0.05, 0) is 18.8 Å². The number of nitrogens with zero attached hydrogens (tertiary/aromatic N) is 2. The molecule has 0 aliphatic heterocycles. The van der Waals surface area contributed by atoms with E-state index in [2.05, 4.69) is 26.9 Å². The smallest absolute Gasteiger partial charge is 0.321 e. The number of urea groups is 1. The molecule has 2 amide bonds. The van der Waals surface area contributed by atoms with Crippen molar-refractivity contribution in [1.29, 1.82) is 0 Å². The van der Waals surface area contributed by atoms with Crippen molar-refractivity contribution < 1.29 is 4.79 Å². The fraction of sp³-hybridized carbons (Fsp3) is 0.400. The van der Waals surface area contributed by atoms with E-state index >= 15 is 0 Å². The minimum Gasteiger partial charge on any atom is -0.335 e. The molecule has 5 nitrogen and oxygen atoms in total. The molecule has 1 heterocycles. The Morgan fingerprint density at radius 2 is 2.10 bits per heavy atom. The van der Waals surface area contributed by atoms with E-state index < -0.39 is 0 Å². The van der Waals surface area contributed by atoms with Crippen LogP contribution >= 0.6 is 11.5 Å². The maximum Gasteiger partial charge on any atom is 0.321 e. The number of hydrogen-bond donors (Lipinski definition) is 2. The van der Waals surface area contributed by atoms with E-state index in [4.69, 9.17) is 0 Å². The fourth-order valence-electron chi connectivity index (χ4n) is 2.64. The highest BCUT2D eigenvalue weighted by Gasteiger charge is 2.25. The maximum absolute atomic E-state index is 12.0. The molecular weight excluding hydrogens is 284 g/mol. The monoisotopic (exact) mass is 302 g/mol. The minimum absolute atomic E-state index is 0.190. The maximum atomic E-state index is 12.0. The molecule has 110 valence electrons. The molecule has 1 aliphatic rings. The first-order valence-electron chi connectivity index (χ1n) is 7.19. The zero-order valence-electron chi connectivity index (χ0n) is 11.9. The summed E-state index contributed by atoms with van der Waals surface area (Å²) in [6.45, 7) is 2.18. The number of aromatic nitrogens is 2. The second kappa shape index (κ2) is 6.22. The van der Waals surface area contributed by atoms with Crippen LogP contribution in [-0.4, -0.2) is 21.4 Å². The third-order valence-electron chi connectivity index (χ3n) is 3.86. The quantitative estimate of drug-likeness (QED) is 0.911. The third kappa shape index (κ3) is 3.39. The number of benzene rings is 1. The summed E-state index contributed by atoms with van der Waals surface area (Å²) in [5.41, 5.74) is 0.951. The Balaban J connectivity index is 1.61. The predicted octanol–water partition coefficient (Wildman–Crippen LogP) is 3.52. The van der Waals surface area contributed by atoms with E-state index in [-0.39, 0.29) is 12.1 Å². The van der Waals surface area contributed by atoms with Gasteiger partial charge in [0.05, 0.1) is 0 Å². The van der Waals surface area contributed by atoms with Crippen LogP contribution in [0, 0.1) is 5.92 Å². The number of carbonyl (C=O) groups excluding carboxylic acids is 1. The van der Waals surface area contributed by atoms with Gasteiger partial charge in [-0.25, -0.2) is 4.79 Å². The van der Waals surface area contributed by atoms with Crippen molar-refractivity contribution in [3.63, 3.8) is 0 Å². The number of nitrogens with one attached hydrogen (secondary N) is 2. The molecule has 0 spiro atoms. The Kier molecular flexibility index (Phi) is 4.15. The zero-order chi connectivity index (χ0) is 14.7. The second-order valence-electron chi connectivity index (χ2n) is 5.40. The normalized spacial score (nSPS) is 21.2. The lowest BCUT2D eigenvalue weighted by Crippen LogP contribution is -2.39. The van der Waals surface area contributed by atoms with Gasteiger partial charge in [0.25, 0.3) is 0 Å². The molecule has 1 fully saturated rings. The molecule has 0 radical (unpaired) electrons. The van der Waals surface area contributed by atoms with Crippen molar-refractivity contribution in [2.75, 3.05) is 5.32 Å². The summed E-state index contributed by atoms with van der Waals surface area (Å²) in [6.07, 6.45) is 3.42. The fourth-order valence-corrected chi connectivity index (χ4v) is 3.22. The van der Waals surface area contributed by atoms with Crippen molar-refractivity contribution in [2.45, 2.75) is 32.2 Å². The van der Waals surface area contributed by atoms with Crippen LogP contribution in [0.1, 0.15) is 26.2 Å². The van der Waals surface area contributed by atoms with Gasteiger partial charge in [-0.2, -0.15) is 9.36 Å². The molecule has 1 saturated carbocycles. The van der Waals surface area contributed by atoms with Crippen LogP contribution in [0.4, 0.5) is 9.93 Å². The predicted molar refractivity (Wildman–Crippen MR) is 84.3 cm³/mol. The molecular formula is C15H18N4OS. The first-order valence-corrected chi connectivity index (χ1v) is 7.96. The van der Waals surface area contributed by atoms with Gasteiger partial charge >= 0.3 is 6.03 Å². The van der Waals surface area contributed by atoms with Crippen LogP contribution in [0.2, 0.25) is 0 Å². The van der Waals surface area contributed by atoms with Crippen LogP contribution in [0.25, 0.3) is 11.4 Å². The molecule has 2 N–H and O–H groups in total. The van der Waals surface area contributed by atoms with E-state index in [0.29, 0.717) is 16.9 Å². The van der Waals surface area contributed by atoms with E-state index in [1.165, 1.54) is 24.4 Å². The number of carbonyl (C=O) groups is 1. The van der Waals surface area contributed by atoms with E-state index in [9.17, 15) is 4.79 Å². The van der Waals surface area contributed by atoms with Crippen LogP contribution in [0.15, 0.2) is 30.3 Å². The molecule has 6 heteroatoms. The highest BCUT2D eigenvalue weighted by molar-refractivity contribution is 7.10. The van der Waals surface area contributed by atoms with Gasteiger partial charge in [0, 0.05) is 23.1 Å². The number of rotatable bonds is 3.